The van der Waals surface area contributed by atoms with Crippen molar-refractivity contribution in [3.63, 3.8) is 0 Å². The molecule has 1 heterocycles. The van der Waals surface area contributed by atoms with E-state index in [9.17, 15) is 0 Å². The van der Waals surface area contributed by atoms with Crippen molar-refractivity contribution in [2.24, 2.45) is 11.7 Å². The van der Waals surface area contributed by atoms with Crippen LogP contribution in [0.5, 0.6) is 5.75 Å². The van der Waals surface area contributed by atoms with E-state index in [2.05, 4.69) is 32.9 Å². The smallest absolute Gasteiger partial charge is 0.120 e. The van der Waals surface area contributed by atoms with Crippen molar-refractivity contribution < 1.29 is 4.74 Å². The standard InChI is InChI=1S/C18H26N2O/c1-12(2)11-21-15-6-7-17-16(9-15)13(3)8-14(20-17)10-18(4,5)19/h6-9,12H,10-11,19H2,1-5H3. The Morgan fingerprint density at radius 2 is 1.95 bits per heavy atom. The fraction of sp³-hybridized carbons (Fsp3) is 0.500. The lowest BCUT2D eigenvalue weighted by molar-refractivity contribution is 0.271. The number of nitrogens with zero attached hydrogens (tertiary/aromatic N) is 1. The summed E-state index contributed by atoms with van der Waals surface area (Å²) in [4.78, 5) is 4.72. The van der Waals surface area contributed by atoms with E-state index in [0.29, 0.717) is 5.92 Å². The molecule has 0 aliphatic heterocycles. The lowest BCUT2D eigenvalue weighted by Crippen LogP contribution is -2.34. The number of fused-ring (bicyclic) bond motifs is 1. The second-order valence-corrected chi connectivity index (χ2v) is 6.98. The van der Waals surface area contributed by atoms with Gasteiger partial charge in [-0.15, -0.1) is 0 Å². The van der Waals surface area contributed by atoms with Gasteiger partial charge in [0.15, 0.2) is 0 Å². The maximum absolute atomic E-state index is 6.09. The summed E-state index contributed by atoms with van der Waals surface area (Å²) < 4.78 is 5.79. The van der Waals surface area contributed by atoms with Crippen LogP contribution in [0.2, 0.25) is 0 Å². The van der Waals surface area contributed by atoms with Gasteiger partial charge in [-0.1, -0.05) is 13.8 Å². The molecule has 114 valence electrons. The molecule has 0 bridgehead atoms. The van der Waals surface area contributed by atoms with Crippen LogP contribution in [-0.2, 0) is 6.42 Å². The van der Waals surface area contributed by atoms with Gasteiger partial charge in [-0.25, -0.2) is 0 Å². The molecule has 0 saturated carbocycles. The first-order chi connectivity index (χ1) is 9.74. The van der Waals surface area contributed by atoms with Crippen LogP contribution >= 0.6 is 0 Å². The Labute approximate surface area is 127 Å². The third-order valence-electron chi connectivity index (χ3n) is 3.26. The van der Waals surface area contributed by atoms with Gasteiger partial charge in [0.2, 0.25) is 0 Å². The Hall–Kier alpha value is -1.61. The number of ether oxygens (including phenoxy) is 1. The maximum atomic E-state index is 6.09. The van der Waals surface area contributed by atoms with Gasteiger partial charge < -0.3 is 10.5 Å². The topological polar surface area (TPSA) is 48.1 Å². The van der Waals surface area contributed by atoms with E-state index >= 15 is 0 Å². The van der Waals surface area contributed by atoms with Gasteiger partial charge in [0, 0.05) is 23.0 Å². The molecule has 0 unspecified atom stereocenters. The van der Waals surface area contributed by atoms with Crippen LogP contribution in [0.25, 0.3) is 10.9 Å². The molecule has 0 radical (unpaired) electrons. The lowest BCUT2D eigenvalue weighted by atomic mass is 9.98. The number of rotatable bonds is 5. The van der Waals surface area contributed by atoms with E-state index in [0.717, 1.165) is 35.4 Å². The molecule has 0 saturated heterocycles. The Morgan fingerprint density at radius 3 is 2.57 bits per heavy atom. The maximum Gasteiger partial charge on any atom is 0.120 e. The van der Waals surface area contributed by atoms with Crippen molar-refractivity contribution in [2.75, 3.05) is 6.61 Å². The molecule has 1 aromatic carbocycles. The molecule has 0 fully saturated rings. The first-order valence-corrected chi connectivity index (χ1v) is 7.56. The third-order valence-corrected chi connectivity index (χ3v) is 3.26. The molecule has 0 aliphatic carbocycles. The molecule has 0 spiro atoms. The molecule has 2 N–H and O–H groups in total. The Balaban J connectivity index is 2.32. The molecular weight excluding hydrogens is 260 g/mol. The van der Waals surface area contributed by atoms with Crippen molar-refractivity contribution in [1.29, 1.82) is 0 Å². The van der Waals surface area contributed by atoms with Crippen molar-refractivity contribution in [2.45, 2.75) is 46.6 Å². The van der Waals surface area contributed by atoms with Crippen molar-refractivity contribution in [1.82, 2.24) is 4.98 Å². The van der Waals surface area contributed by atoms with Gasteiger partial charge >= 0.3 is 0 Å². The van der Waals surface area contributed by atoms with E-state index in [1.165, 1.54) is 5.56 Å². The minimum absolute atomic E-state index is 0.243. The average molecular weight is 286 g/mol. The van der Waals surface area contributed by atoms with E-state index in [1.807, 2.05) is 26.0 Å². The predicted octanol–water partition coefficient (Wildman–Crippen LogP) is 3.86. The van der Waals surface area contributed by atoms with Gasteiger partial charge in [0.25, 0.3) is 0 Å². The Morgan fingerprint density at radius 1 is 1.24 bits per heavy atom. The van der Waals surface area contributed by atoms with Gasteiger partial charge in [0.1, 0.15) is 5.75 Å². The molecule has 2 rings (SSSR count). The number of aromatic nitrogens is 1. The first-order valence-electron chi connectivity index (χ1n) is 7.56. The minimum Gasteiger partial charge on any atom is -0.493 e. The van der Waals surface area contributed by atoms with E-state index in [1.54, 1.807) is 0 Å². The summed E-state index contributed by atoms with van der Waals surface area (Å²) in [6, 6.07) is 8.24. The second kappa shape index (κ2) is 6.02. The van der Waals surface area contributed by atoms with E-state index in [-0.39, 0.29) is 5.54 Å². The fourth-order valence-electron chi connectivity index (χ4n) is 2.35. The van der Waals surface area contributed by atoms with Crippen LogP contribution in [0.1, 0.15) is 39.0 Å². The van der Waals surface area contributed by atoms with Gasteiger partial charge in [-0.05, 0) is 56.5 Å². The van der Waals surface area contributed by atoms with Crippen molar-refractivity contribution >= 4 is 10.9 Å². The molecule has 1 aromatic heterocycles. The average Bonchev–Trinajstić information content (AvgIpc) is 2.34. The zero-order valence-electron chi connectivity index (χ0n) is 13.7. The predicted molar refractivity (Wildman–Crippen MR) is 88.8 cm³/mol. The number of benzene rings is 1. The summed E-state index contributed by atoms with van der Waals surface area (Å²) in [5.41, 5.74) is 9.12. The SMILES string of the molecule is Cc1cc(CC(C)(C)N)nc2ccc(OCC(C)C)cc12. The highest BCUT2D eigenvalue weighted by atomic mass is 16.5. The number of pyridine rings is 1. The Kier molecular flexibility index (Phi) is 4.52. The first kappa shape index (κ1) is 15.8. The molecule has 0 amide bonds. The largest absolute Gasteiger partial charge is 0.493 e. The van der Waals surface area contributed by atoms with E-state index in [4.69, 9.17) is 15.5 Å². The number of hydrogen-bond donors (Lipinski definition) is 1. The van der Waals surface area contributed by atoms with Crippen LogP contribution in [0, 0.1) is 12.8 Å². The number of aryl methyl sites for hydroxylation is 1. The summed E-state index contributed by atoms with van der Waals surface area (Å²) in [7, 11) is 0. The van der Waals surface area contributed by atoms with Crippen molar-refractivity contribution in [3.8, 4) is 5.75 Å². The summed E-state index contributed by atoms with van der Waals surface area (Å²) in [6.45, 7) is 11.2. The zero-order valence-corrected chi connectivity index (χ0v) is 13.7. The van der Waals surface area contributed by atoms with E-state index < -0.39 is 0 Å². The zero-order chi connectivity index (χ0) is 15.6. The van der Waals surface area contributed by atoms with Gasteiger partial charge in [-0.3, -0.25) is 4.98 Å². The number of hydrogen-bond acceptors (Lipinski definition) is 3. The highest BCUT2D eigenvalue weighted by Gasteiger charge is 2.14. The summed E-state index contributed by atoms with van der Waals surface area (Å²) >= 11 is 0. The summed E-state index contributed by atoms with van der Waals surface area (Å²) in [6.07, 6.45) is 0.773. The number of nitrogens with two attached hydrogens (primary N) is 1. The quantitative estimate of drug-likeness (QED) is 0.908. The second-order valence-electron chi connectivity index (χ2n) is 6.98. The molecule has 2 aromatic rings. The summed E-state index contributed by atoms with van der Waals surface area (Å²) in [5, 5.41) is 1.15. The van der Waals surface area contributed by atoms with Crippen LogP contribution in [0.15, 0.2) is 24.3 Å². The molecule has 0 aliphatic rings. The highest BCUT2D eigenvalue weighted by Crippen LogP contribution is 2.24. The minimum atomic E-state index is -0.243. The van der Waals surface area contributed by atoms with Crippen molar-refractivity contribution in [3.05, 3.63) is 35.5 Å². The van der Waals surface area contributed by atoms with Gasteiger partial charge in [0.05, 0.1) is 12.1 Å². The molecular formula is C18H26N2O. The molecule has 3 heteroatoms. The lowest BCUT2D eigenvalue weighted by Gasteiger charge is -2.18. The van der Waals surface area contributed by atoms with Crippen LogP contribution < -0.4 is 10.5 Å². The molecule has 0 atom stereocenters. The normalized spacial score (nSPS) is 12.1. The summed E-state index contributed by atoms with van der Waals surface area (Å²) in [5.74, 6) is 1.43. The van der Waals surface area contributed by atoms with Crippen LogP contribution in [0.3, 0.4) is 0 Å². The highest BCUT2D eigenvalue weighted by molar-refractivity contribution is 5.83. The van der Waals surface area contributed by atoms with Crippen LogP contribution in [-0.4, -0.2) is 17.1 Å². The van der Waals surface area contributed by atoms with Crippen LogP contribution in [0.4, 0.5) is 0 Å². The monoisotopic (exact) mass is 286 g/mol. The molecule has 21 heavy (non-hydrogen) atoms. The molecule has 3 nitrogen and oxygen atoms in total. The fourth-order valence-corrected chi connectivity index (χ4v) is 2.35. The third kappa shape index (κ3) is 4.43. The van der Waals surface area contributed by atoms with Gasteiger partial charge in [-0.2, -0.15) is 0 Å². The Bertz CT molecular complexity index is 627.